The Morgan fingerprint density at radius 3 is 3.08 bits per heavy atom. The lowest BCUT2D eigenvalue weighted by atomic mass is 10.0. The van der Waals surface area contributed by atoms with Gasteiger partial charge in [-0.1, -0.05) is 6.92 Å². The maximum absolute atomic E-state index is 12.2. The van der Waals surface area contributed by atoms with Gasteiger partial charge in [-0.05, 0) is 19.3 Å². The number of aryl methyl sites for hydroxylation is 2. The lowest BCUT2D eigenvalue weighted by Crippen LogP contribution is -2.42. The molecular weight excluding hydrogens is 308 g/mol. The summed E-state index contributed by atoms with van der Waals surface area (Å²) < 4.78 is 9.59. The molecule has 2 N–H and O–H groups in total. The highest BCUT2D eigenvalue weighted by atomic mass is 16.5. The largest absolute Gasteiger partial charge is 0.372 e. The molecule has 3 rings (SSSR count). The fourth-order valence-electron chi connectivity index (χ4n) is 2.94. The SMILES string of the molecule is CCCn1cc(NC(=O)N[C@@H]2CCO[C@H](c3cncn3C)C2)cn1. The van der Waals surface area contributed by atoms with Crippen molar-refractivity contribution in [1.29, 1.82) is 0 Å². The second-order valence-corrected chi connectivity index (χ2v) is 6.10. The number of carbonyl (C=O) groups excluding carboxylic acids is 1. The topological polar surface area (TPSA) is 86.0 Å². The van der Waals surface area contributed by atoms with Crippen LogP contribution >= 0.6 is 0 Å². The Labute approximate surface area is 141 Å². The van der Waals surface area contributed by atoms with Crippen molar-refractivity contribution in [1.82, 2.24) is 24.6 Å². The molecule has 24 heavy (non-hydrogen) atoms. The van der Waals surface area contributed by atoms with Gasteiger partial charge in [0.2, 0.25) is 0 Å². The number of nitrogens with one attached hydrogen (secondary N) is 2. The molecule has 0 bridgehead atoms. The number of nitrogens with zero attached hydrogens (tertiary/aromatic N) is 4. The van der Waals surface area contributed by atoms with Crippen LogP contribution in [-0.4, -0.2) is 38.0 Å². The number of hydrogen-bond acceptors (Lipinski definition) is 4. The number of hydrogen-bond donors (Lipinski definition) is 2. The summed E-state index contributed by atoms with van der Waals surface area (Å²) in [4.78, 5) is 16.3. The van der Waals surface area contributed by atoms with Crippen LogP contribution in [0.3, 0.4) is 0 Å². The number of carbonyl (C=O) groups is 1. The normalized spacial score (nSPS) is 20.8. The number of amides is 2. The Bertz CT molecular complexity index is 680. The van der Waals surface area contributed by atoms with E-state index in [-0.39, 0.29) is 18.2 Å². The second-order valence-electron chi connectivity index (χ2n) is 6.10. The van der Waals surface area contributed by atoms with Crippen molar-refractivity contribution in [3.8, 4) is 0 Å². The Morgan fingerprint density at radius 1 is 1.46 bits per heavy atom. The molecule has 8 heteroatoms. The van der Waals surface area contributed by atoms with E-state index in [2.05, 4.69) is 27.6 Å². The van der Waals surface area contributed by atoms with E-state index in [1.54, 1.807) is 12.5 Å². The van der Waals surface area contributed by atoms with Gasteiger partial charge in [0.15, 0.2) is 0 Å². The number of urea groups is 1. The minimum Gasteiger partial charge on any atom is -0.372 e. The van der Waals surface area contributed by atoms with Gasteiger partial charge >= 0.3 is 6.03 Å². The van der Waals surface area contributed by atoms with Crippen LogP contribution in [0, 0.1) is 0 Å². The highest BCUT2D eigenvalue weighted by Gasteiger charge is 2.26. The zero-order valence-electron chi connectivity index (χ0n) is 14.1. The zero-order chi connectivity index (χ0) is 16.9. The molecule has 130 valence electrons. The predicted molar refractivity (Wildman–Crippen MR) is 89.6 cm³/mol. The summed E-state index contributed by atoms with van der Waals surface area (Å²) >= 11 is 0. The molecule has 0 unspecified atom stereocenters. The van der Waals surface area contributed by atoms with Crippen LogP contribution in [0.2, 0.25) is 0 Å². The number of rotatable bonds is 5. The Hall–Kier alpha value is -2.35. The van der Waals surface area contributed by atoms with E-state index in [4.69, 9.17) is 4.74 Å². The third-order valence-electron chi connectivity index (χ3n) is 4.15. The molecular formula is C16H24N6O2. The van der Waals surface area contributed by atoms with Gasteiger partial charge < -0.3 is 19.9 Å². The van der Waals surface area contributed by atoms with Gasteiger partial charge in [-0.15, -0.1) is 0 Å². The van der Waals surface area contributed by atoms with E-state index in [1.807, 2.05) is 28.7 Å². The van der Waals surface area contributed by atoms with Crippen molar-refractivity contribution in [3.05, 3.63) is 30.6 Å². The third-order valence-corrected chi connectivity index (χ3v) is 4.15. The van der Waals surface area contributed by atoms with Crippen LogP contribution in [0.15, 0.2) is 24.9 Å². The fourth-order valence-corrected chi connectivity index (χ4v) is 2.94. The molecule has 0 aliphatic carbocycles. The molecule has 0 spiro atoms. The Kier molecular flexibility index (Phi) is 5.14. The standard InChI is InChI=1S/C16H24N6O2/c1-3-5-22-10-13(8-18-22)20-16(23)19-12-4-6-24-15(7-12)14-9-17-11-21(14)2/h8-12,15H,3-7H2,1-2H3,(H2,19,20,23)/t12-,15+/m1/s1. The second kappa shape index (κ2) is 7.48. The summed E-state index contributed by atoms with van der Waals surface area (Å²) in [6, 6.07) is -0.133. The van der Waals surface area contributed by atoms with Gasteiger partial charge in [-0.25, -0.2) is 9.78 Å². The smallest absolute Gasteiger partial charge is 0.319 e. The van der Waals surface area contributed by atoms with Crippen LogP contribution < -0.4 is 10.6 Å². The third kappa shape index (κ3) is 3.94. The summed E-state index contributed by atoms with van der Waals surface area (Å²) in [7, 11) is 1.95. The van der Waals surface area contributed by atoms with E-state index < -0.39 is 0 Å². The van der Waals surface area contributed by atoms with E-state index in [0.717, 1.165) is 31.5 Å². The van der Waals surface area contributed by atoms with Crippen molar-refractivity contribution < 1.29 is 9.53 Å². The number of anilines is 1. The van der Waals surface area contributed by atoms with Crippen molar-refractivity contribution in [2.45, 2.75) is 44.9 Å². The minimum atomic E-state index is -0.207. The van der Waals surface area contributed by atoms with E-state index >= 15 is 0 Å². The van der Waals surface area contributed by atoms with Crippen molar-refractivity contribution in [3.63, 3.8) is 0 Å². The molecule has 2 atom stereocenters. The van der Waals surface area contributed by atoms with Crippen LogP contribution in [0.4, 0.5) is 10.5 Å². The average Bonchev–Trinajstić information content (AvgIpc) is 3.17. The first-order chi connectivity index (χ1) is 11.7. The molecule has 1 saturated heterocycles. The van der Waals surface area contributed by atoms with Gasteiger partial charge in [-0.2, -0.15) is 5.10 Å². The van der Waals surface area contributed by atoms with Crippen LogP contribution in [0.25, 0.3) is 0 Å². The quantitative estimate of drug-likeness (QED) is 0.877. The van der Waals surface area contributed by atoms with E-state index in [1.165, 1.54) is 0 Å². The molecule has 3 heterocycles. The summed E-state index contributed by atoms with van der Waals surface area (Å²) in [5, 5.41) is 10.1. The number of ether oxygens (including phenoxy) is 1. The highest BCUT2D eigenvalue weighted by molar-refractivity contribution is 5.89. The zero-order valence-corrected chi connectivity index (χ0v) is 14.1. The van der Waals surface area contributed by atoms with Gasteiger partial charge in [0.25, 0.3) is 0 Å². The van der Waals surface area contributed by atoms with Gasteiger partial charge in [0, 0.05) is 32.4 Å². The van der Waals surface area contributed by atoms with E-state index in [0.29, 0.717) is 12.3 Å². The van der Waals surface area contributed by atoms with Crippen molar-refractivity contribution in [2.24, 2.45) is 7.05 Å². The summed E-state index contributed by atoms with van der Waals surface area (Å²) in [5.74, 6) is 0. The molecule has 0 saturated carbocycles. The van der Waals surface area contributed by atoms with Gasteiger partial charge in [0.1, 0.15) is 6.10 Å². The Balaban J connectivity index is 1.53. The Morgan fingerprint density at radius 2 is 2.33 bits per heavy atom. The first-order valence-electron chi connectivity index (χ1n) is 8.33. The molecule has 8 nitrogen and oxygen atoms in total. The monoisotopic (exact) mass is 332 g/mol. The molecule has 2 aromatic heterocycles. The molecule has 1 fully saturated rings. The summed E-state index contributed by atoms with van der Waals surface area (Å²) in [5.41, 5.74) is 1.74. The number of aromatic nitrogens is 4. The predicted octanol–water partition coefficient (Wildman–Crippen LogP) is 2.07. The molecule has 0 aromatic carbocycles. The van der Waals surface area contributed by atoms with Crippen LogP contribution in [0.5, 0.6) is 0 Å². The molecule has 2 amide bonds. The lowest BCUT2D eigenvalue weighted by molar-refractivity contribution is -0.00151. The van der Waals surface area contributed by atoms with Crippen LogP contribution in [-0.2, 0) is 18.3 Å². The lowest BCUT2D eigenvalue weighted by Gasteiger charge is -2.30. The molecule has 1 aliphatic rings. The van der Waals surface area contributed by atoms with Gasteiger partial charge in [-0.3, -0.25) is 4.68 Å². The highest BCUT2D eigenvalue weighted by Crippen LogP contribution is 2.27. The first kappa shape index (κ1) is 16.5. The van der Waals surface area contributed by atoms with Crippen molar-refractivity contribution in [2.75, 3.05) is 11.9 Å². The maximum atomic E-state index is 12.2. The average molecular weight is 332 g/mol. The molecule has 1 aliphatic heterocycles. The van der Waals surface area contributed by atoms with E-state index in [9.17, 15) is 4.79 Å². The van der Waals surface area contributed by atoms with Crippen LogP contribution in [0.1, 0.15) is 38.0 Å². The first-order valence-corrected chi connectivity index (χ1v) is 8.33. The fraction of sp³-hybridized carbons (Fsp3) is 0.562. The minimum absolute atomic E-state index is 0.0381. The maximum Gasteiger partial charge on any atom is 0.319 e. The van der Waals surface area contributed by atoms with Crippen molar-refractivity contribution >= 4 is 11.7 Å². The molecule has 2 aromatic rings. The number of imidazole rings is 1. The van der Waals surface area contributed by atoms with Gasteiger partial charge in [0.05, 0.1) is 30.1 Å². The molecule has 0 radical (unpaired) electrons. The summed E-state index contributed by atoms with van der Waals surface area (Å²) in [6.45, 7) is 3.55. The summed E-state index contributed by atoms with van der Waals surface area (Å²) in [6.07, 6.45) is 9.59.